The van der Waals surface area contributed by atoms with Gasteiger partial charge in [0.15, 0.2) is 0 Å². The zero-order valence-electron chi connectivity index (χ0n) is 18.2. The summed E-state index contributed by atoms with van der Waals surface area (Å²) >= 11 is 6.10. The number of nitrogens with one attached hydrogen (secondary N) is 3. The van der Waals surface area contributed by atoms with Crippen molar-refractivity contribution in [3.8, 4) is 11.3 Å². The lowest BCUT2D eigenvalue weighted by molar-refractivity contribution is -0.140. The van der Waals surface area contributed by atoms with Crippen LogP contribution in [0.5, 0.6) is 0 Å². The molecule has 2 aromatic carbocycles. The summed E-state index contributed by atoms with van der Waals surface area (Å²) in [7, 11) is 0. The molecule has 0 bridgehead atoms. The molecular formula is C23H23ClN4O5. The Kier molecular flexibility index (Phi) is 7.34. The molecule has 4 N–H and O–H groups in total. The van der Waals surface area contributed by atoms with Crippen molar-refractivity contribution in [1.29, 1.82) is 0 Å². The van der Waals surface area contributed by atoms with E-state index < -0.39 is 23.9 Å². The summed E-state index contributed by atoms with van der Waals surface area (Å²) in [5.74, 6) is -2.20. The zero-order chi connectivity index (χ0) is 24.1. The second kappa shape index (κ2) is 10.2. The summed E-state index contributed by atoms with van der Waals surface area (Å²) in [4.78, 5) is 35.8. The van der Waals surface area contributed by atoms with Crippen molar-refractivity contribution in [2.75, 3.05) is 10.6 Å². The number of carboxylic acids is 1. The zero-order valence-corrected chi connectivity index (χ0v) is 18.9. The lowest BCUT2D eigenvalue weighted by Gasteiger charge is -2.16. The molecule has 0 spiro atoms. The van der Waals surface area contributed by atoms with Gasteiger partial charge in [0.1, 0.15) is 11.7 Å². The molecule has 3 rings (SSSR count). The predicted octanol–water partition coefficient (Wildman–Crippen LogP) is 4.79. The molecule has 1 heterocycles. The van der Waals surface area contributed by atoms with E-state index in [1.54, 1.807) is 50.2 Å². The Morgan fingerprint density at radius 3 is 2.36 bits per heavy atom. The Bertz CT molecular complexity index is 1170. The first-order chi connectivity index (χ1) is 15.6. The third-order valence-electron chi connectivity index (χ3n) is 4.76. The number of hydrogen-bond donors (Lipinski definition) is 4. The number of anilines is 2. The number of aliphatic carboxylic acids is 1. The number of carbonyl (C=O) groups excluding carboxylic acids is 2. The monoisotopic (exact) mass is 470 g/mol. The first kappa shape index (κ1) is 23.8. The SMILES string of the molecule is Cc1ccc(Cl)c(NC(=O)Nc2ccc(-c3cc(C(=O)N[C@H](C(=O)O)C(C)C)on3)cc2)c1. The molecular weight excluding hydrogens is 448 g/mol. The van der Waals surface area contributed by atoms with Gasteiger partial charge in [-0.25, -0.2) is 9.59 Å². The van der Waals surface area contributed by atoms with Gasteiger partial charge in [-0.1, -0.05) is 48.8 Å². The summed E-state index contributed by atoms with van der Waals surface area (Å²) in [6.07, 6.45) is 0. The second-order valence-corrected chi connectivity index (χ2v) is 8.16. The molecule has 1 atom stereocenters. The van der Waals surface area contributed by atoms with Crippen LogP contribution >= 0.6 is 11.6 Å². The molecule has 0 radical (unpaired) electrons. The van der Waals surface area contributed by atoms with Crippen LogP contribution in [0.2, 0.25) is 5.02 Å². The molecule has 0 aliphatic carbocycles. The van der Waals surface area contributed by atoms with Crippen molar-refractivity contribution >= 4 is 40.9 Å². The summed E-state index contributed by atoms with van der Waals surface area (Å²) in [5, 5.41) is 21.3. The quantitative estimate of drug-likeness (QED) is 0.392. The highest BCUT2D eigenvalue weighted by atomic mass is 35.5. The fourth-order valence-corrected chi connectivity index (χ4v) is 3.15. The Morgan fingerprint density at radius 2 is 1.73 bits per heavy atom. The van der Waals surface area contributed by atoms with Crippen LogP contribution in [0.1, 0.15) is 30.0 Å². The highest BCUT2D eigenvalue weighted by Crippen LogP contribution is 2.24. The Morgan fingerprint density at radius 1 is 1.03 bits per heavy atom. The third kappa shape index (κ3) is 6.11. The van der Waals surface area contributed by atoms with Gasteiger partial charge in [0.2, 0.25) is 5.76 Å². The van der Waals surface area contributed by atoms with Gasteiger partial charge in [0, 0.05) is 17.3 Å². The largest absolute Gasteiger partial charge is 0.480 e. The van der Waals surface area contributed by atoms with E-state index in [1.807, 2.05) is 13.0 Å². The number of halogens is 1. The van der Waals surface area contributed by atoms with E-state index in [0.717, 1.165) is 5.56 Å². The summed E-state index contributed by atoms with van der Waals surface area (Å²) in [6.45, 7) is 5.28. The second-order valence-electron chi connectivity index (χ2n) is 7.75. The van der Waals surface area contributed by atoms with Crippen LogP contribution in [0.15, 0.2) is 53.1 Å². The van der Waals surface area contributed by atoms with E-state index in [2.05, 4.69) is 21.1 Å². The van der Waals surface area contributed by atoms with Gasteiger partial charge in [-0.3, -0.25) is 4.79 Å². The van der Waals surface area contributed by atoms with E-state index in [1.165, 1.54) is 6.07 Å². The number of amides is 3. The minimum Gasteiger partial charge on any atom is -0.480 e. The lowest BCUT2D eigenvalue weighted by Crippen LogP contribution is -2.44. The molecule has 0 aliphatic heterocycles. The normalized spacial score (nSPS) is 11.7. The number of aromatic nitrogens is 1. The topological polar surface area (TPSA) is 134 Å². The number of benzene rings is 2. The molecule has 1 aromatic heterocycles. The van der Waals surface area contributed by atoms with Crippen molar-refractivity contribution in [2.24, 2.45) is 5.92 Å². The minimum atomic E-state index is -1.13. The summed E-state index contributed by atoms with van der Waals surface area (Å²) < 4.78 is 5.08. The number of urea groups is 1. The van der Waals surface area contributed by atoms with Crippen LogP contribution in [0.3, 0.4) is 0 Å². The maximum Gasteiger partial charge on any atom is 0.326 e. The van der Waals surface area contributed by atoms with Crippen LogP contribution in [0, 0.1) is 12.8 Å². The fourth-order valence-electron chi connectivity index (χ4n) is 2.99. The number of nitrogens with zero attached hydrogens (tertiary/aromatic N) is 1. The van der Waals surface area contributed by atoms with Gasteiger partial charge in [0.25, 0.3) is 5.91 Å². The predicted molar refractivity (Wildman–Crippen MR) is 124 cm³/mol. The van der Waals surface area contributed by atoms with Gasteiger partial charge in [-0.05, 0) is 42.7 Å². The molecule has 33 heavy (non-hydrogen) atoms. The number of rotatable bonds is 7. The van der Waals surface area contributed by atoms with Gasteiger partial charge in [0.05, 0.1) is 10.7 Å². The van der Waals surface area contributed by atoms with Crippen molar-refractivity contribution in [3.63, 3.8) is 0 Å². The number of aryl methyl sites for hydroxylation is 1. The first-order valence-corrected chi connectivity index (χ1v) is 10.5. The average Bonchev–Trinajstić information content (AvgIpc) is 3.25. The Balaban J connectivity index is 1.64. The van der Waals surface area contributed by atoms with Crippen LogP contribution < -0.4 is 16.0 Å². The molecule has 10 heteroatoms. The molecule has 0 saturated carbocycles. The van der Waals surface area contributed by atoms with Crippen molar-refractivity contribution < 1.29 is 24.0 Å². The van der Waals surface area contributed by atoms with Crippen molar-refractivity contribution in [3.05, 3.63) is 64.9 Å². The average molecular weight is 471 g/mol. The summed E-state index contributed by atoms with van der Waals surface area (Å²) in [6, 6.07) is 12.0. The lowest BCUT2D eigenvalue weighted by atomic mass is 10.0. The first-order valence-electron chi connectivity index (χ1n) is 10.1. The molecule has 3 aromatic rings. The molecule has 0 unspecified atom stereocenters. The van der Waals surface area contributed by atoms with Crippen LogP contribution in [-0.2, 0) is 4.79 Å². The molecule has 0 saturated heterocycles. The maximum absolute atomic E-state index is 12.3. The van der Waals surface area contributed by atoms with Crippen molar-refractivity contribution in [1.82, 2.24) is 10.5 Å². The van der Waals surface area contributed by atoms with Crippen LogP contribution in [0.4, 0.5) is 16.2 Å². The Hall–Kier alpha value is -3.85. The number of hydrogen-bond acceptors (Lipinski definition) is 5. The minimum absolute atomic E-state index is 0.103. The van der Waals surface area contributed by atoms with Gasteiger partial charge >= 0.3 is 12.0 Å². The third-order valence-corrected chi connectivity index (χ3v) is 5.09. The summed E-state index contributed by atoms with van der Waals surface area (Å²) in [5.41, 5.74) is 3.02. The standard InChI is InChI=1S/C23H23ClN4O5/c1-12(2)20(22(30)31)27-21(29)19-11-17(28-33-19)14-5-7-15(8-6-14)25-23(32)26-18-10-13(3)4-9-16(18)24/h4-12,20H,1-3H3,(H,27,29)(H,30,31)(H2,25,26,32)/t20-/m0/s1. The van der Waals surface area contributed by atoms with Crippen LogP contribution in [0.25, 0.3) is 11.3 Å². The van der Waals surface area contributed by atoms with Gasteiger partial charge in [-0.15, -0.1) is 0 Å². The molecule has 9 nitrogen and oxygen atoms in total. The highest BCUT2D eigenvalue weighted by Gasteiger charge is 2.25. The van der Waals surface area contributed by atoms with E-state index in [9.17, 15) is 19.5 Å². The highest BCUT2D eigenvalue weighted by molar-refractivity contribution is 6.33. The molecule has 0 aliphatic rings. The van der Waals surface area contributed by atoms with Gasteiger partial charge in [-0.2, -0.15) is 0 Å². The maximum atomic E-state index is 12.3. The molecule has 3 amide bonds. The number of carbonyl (C=O) groups is 3. The van der Waals surface area contributed by atoms with Crippen molar-refractivity contribution in [2.45, 2.75) is 26.8 Å². The Labute approximate surface area is 195 Å². The van der Waals surface area contributed by atoms with E-state index in [-0.39, 0.29) is 11.7 Å². The smallest absolute Gasteiger partial charge is 0.326 e. The van der Waals surface area contributed by atoms with E-state index >= 15 is 0 Å². The van der Waals surface area contributed by atoms with Crippen LogP contribution in [-0.4, -0.2) is 34.2 Å². The van der Waals surface area contributed by atoms with E-state index in [0.29, 0.717) is 27.7 Å². The molecule has 172 valence electrons. The van der Waals surface area contributed by atoms with Gasteiger partial charge < -0.3 is 25.6 Å². The molecule has 0 fully saturated rings. The number of carboxylic acid groups (broad SMARTS) is 1. The van der Waals surface area contributed by atoms with E-state index in [4.69, 9.17) is 16.1 Å². The fraction of sp³-hybridized carbons (Fsp3) is 0.217.